The van der Waals surface area contributed by atoms with E-state index in [2.05, 4.69) is 17.2 Å². The van der Waals surface area contributed by atoms with E-state index < -0.39 is 0 Å². The van der Waals surface area contributed by atoms with Gasteiger partial charge in [0.1, 0.15) is 0 Å². The van der Waals surface area contributed by atoms with Gasteiger partial charge in [0.25, 0.3) is 0 Å². The maximum absolute atomic E-state index is 12.1. The number of nitrogens with one attached hydrogen (secondary N) is 1. The average Bonchev–Trinajstić information content (AvgIpc) is 2.89. The van der Waals surface area contributed by atoms with Gasteiger partial charge in [-0.2, -0.15) is 0 Å². The maximum atomic E-state index is 12.1. The zero-order valence-corrected chi connectivity index (χ0v) is 13.2. The molecule has 0 bridgehead atoms. The Morgan fingerprint density at radius 1 is 1.40 bits per heavy atom. The van der Waals surface area contributed by atoms with E-state index in [4.69, 9.17) is 0 Å². The Bertz CT molecular complexity index is 418. The minimum Gasteiger partial charge on any atom is -0.333 e. The van der Waals surface area contributed by atoms with E-state index in [0.29, 0.717) is 11.7 Å². The zero-order valence-electron chi connectivity index (χ0n) is 12.4. The Hall–Kier alpha value is -1.43. The van der Waals surface area contributed by atoms with Crippen molar-refractivity contribution in [3.05, 3.63) is 11.6 Å². The van der Waals surface area contributed by atoms with E-state index in [1.54, 1.807) is 16.5 Å². The summed E-state index contributed by atoms with van der Waals surface area (Å²) in [6.45, 7) is 6.56. The second kappa shape index (κ2) is 8.68. The van der Waals surface area contributed by atoms with Gasteiger partial charge in [-0.1, -0.05) is 33.6 Å². The van der Waals surface area contributed by atoms with Gasteiger partial charge < -0.3 is 10.2 Å². The lowest BCUT2D eigenvalue weighted by atomic mass is 10.1. The van der Waals surface area contributed by atoms with Crippen LogP contribution in [0.4, 0.5) is 5.13 Å². The summed E-state index contributed by atoms with van der Waals surface area (Å²) in [6.07, 6.45) is 4.73. The summed E-state index contributed by atoms with van der Waals surface area (Å²) in [4.78, 5) is 29.7. The number of hydrogen-bond acceptors (Lipinski definition) is 4. The molecule has 0 aliphatic rings. The summed E-state index contributed by atoms with van der Waals surface area (Å²) in [6, 6.07) is 0. The molecule has 1 N–H and O–H groups in total. The van der Waals surface area contributed by atoms with Crippen LogP contribution in [-0.2, 0) is 9.59 Å². The average molecular weight is 297 g/mol. The van der Waals surface area contributed by atoms with Gasteiger partial charge in [0.05, 0.1) is 6.54 Å². The predicted octanol–water partition coefficient (Wildman–Crippen LogP) is 2.76. The highest BCUT2D eigenvalue weighted by atomic mass is 32.1. The molecule has 0 saturated carbocycles. The first kappa shape index (κ1) is 16.6. The highest BCUT2D eigenvalue weighted by Crippen LogP contribution is 2.11. The largest absolute Gasteiger partial charge is 0.333 e. The Balaban J connectivity index is 2.53. The molecule has 1 aromatic heterocycles. The Morgan fingerprint density at radius 3 is 2.70 bits per heavy atom. The first-order chi connectivity index (χ1) is 9.54. The number of nitrogens with zero attached hydrogens (tertiary/aromatic N) is 2. The summed E-state index contributed by atoms with van der Waals surface area (Å²) in [5.74, 6) is -0.259. The lowest BCUT2D eigenvalue weighted by Gasteiger charge is -2.23. The van der Waals surface area contributed by atoms with Gasteiger partial charge in [0.2, 0.25) is 11.8 Å². The van der Waals surface area contributed by atoms with Crippen LogP contribution in [0.5, 0.6) is 0 Å². The summed E-state index contributed by atoms with van der Waals surface area (Å²) in [5.41, 5.74) is 0. The van der Waals surface area contributed by atoms with Crippen LogP contribution >= 0.6 is 11.3 Å². The number of rotatable bonds is 8. The van der Waals surface area contributed by atoms with Gasteiger partial charge in [-0.05, 0) is 6.42 Å². The Morgan fingerprint density at radius 2 is 2.15 bits per heavy atom. The second-order valence-electron chi connectivity index (χ2n) is 5.01. The molecule has 112 valence electrons. The van der Waals surface area contributed by atoms with Gasteiger partial charge in [0.15, 0.2) is 5.13 Å². The van der Waals surface area contributed by atoms with Crippen LogP contribution in [0.1, 0.15) is 40.0 Å². The fourth-order valence-electron chi connectivity index (χ4n) is 1.80. The van der Waals surface area contributed by atoms with Crippen LogP contribution in [0.2, 0.25) is 0 Å². The topological polar surface area (TPSA) is 62.3 Å². The highest BCUT2D eigenvalue weighted by Gasteiger charge is 2.19. The lowest BCUT2D eigenvalue weighted by Crippen LogP contribution is -2.40. The minimum absolute atomic E-state index is 0.0235. The Kier molecular flexibility index (Phi) is 7.22. The molecule has 0 fully saturated rings. The molecule has 2 amide bonds. The number of unbranched alkanes of at least 4 members (excludes halogenated alkanes) is 2. The van der Waals surface area contributed by atoms with Crippen molar-refractivity contribution in [1.29, 1.82) is 0 Å². The summed E-state index contributed by atoms with van der Waals surface area (Å²) in [5, 5.41) is 5.08. The Labute approximate surface area is 124 Å². The molecule has 0 radical (unpaired) electrons. The third kappa shape index (κ3) is 5.69. The number of aromatic nitrogens is 1. The van der Waals surface area contributed by atoms with Gasteiger partial charge in [-0.3, -0.25) is 9.59 Å². The number of carbonyl (C=O) groups excluding carboxylic acids is 2. The minimum atomic E-state index is -0.189. The van der Waals surface area contributed by atoms with Crippen molar-refractivity contribution in [2.75, 3.05) is 18.4 Å². The predicted molar refractivity (Wildman–Crippen MR) is 81.7 cm³/mol. The third-order valence-electron chi connectivity index (χ3n) is 2.85. The first-order valence-corrected chi connectivity index (χ1v) is 7.90. The molecule has 5 nitrogen and oxygen atoms in total. The normalized spacial score (nSPS) is 10.6. The lowest BCUT2D eigenvalue weighted by molar-refractivity contribution is -0.137. The van der Waals surface area contributed by atoms with Crippen molar-refractivity contribution < 1.29 is 9.59 Å². The van der Waals surface area contributed by atoms with Gasteiger partial charge >= 0.3 is 0 Å². The highest BCUT2D eigenvalue weighted by molar-refractivity contribution is 7.13. The smallest absolute Gasteiger partial charge is 0.245 e. The van der Waals surface area contributed by atoms with E-state index in [0.717, 1.165) is 19.3 Å². The van der Waals surface area contributed by atoms with Crippen molar-refractivity contribution in [1.82, 2.24) is 9.88 Å². The molecule has 0 unspecified atom stereocenters. The monoisotopic (exact) mass is 297 g/mol. The molecule has 6 heteroatoms. The van der Waals surface area contributed by atoms with Crippen LogP contribution in [0.3, 0.4) is 0 Å². The molecule has 0 aromatic carbocycles. The van der Waals surface area contributed by atoms with E-state index in [1.807, 2.05) is 13.8 Å². The van der Waals surface area contributed by atoms with Gasteiger partial charge in [0, 0.05) is 24.0 Å². The van der Waals surface area contributed by atoms with Crippen molar-refractivity contribution in [3.63, 3.8) is 0 Å². The molecule has 1 aromatic rings. The van der Waals surface area contributed by atoms with E-state index in [9.17, 15) is 9.59 Å². The molecule has 1 heterocycles. The van der Waals surface area contributed by atoms with Crippen LogP contribution < -0.4 is 5.32 Å². The van der Waals surface area contributed by atoms with Crippen molar-refractivity contribution in [2.24, 2.45) is 5.92 Å². The molecule has 0 atom stereocenters. The van der Waals surface area contributed by atoms with Crippen molar-refractivity contribution >= 4 is 28.3 Å². The van der Waals surface area contributed by atoms with Crippen LogP contribution in [-0.4, -0.2) is 34.8 Å². The summed E-state index contributed by atoms with van der Waals surface area (Å²) in [7, 11) is 0. The van der Waals surface area contributed by atoms with Crippen LogP contribution in [0, 0.1) is 5.92 Å². The number of carbonyl (C=O) groups is 2. The van der Waals surface area contributed by atoms with Gasteiger partial charge in [-0.25, -0.2) is 4.98 Å². The number of hydrogen-bond donors (Lipinski definition) is 1. The SMILES string of the molecule is CCCCCN(CC(=O)Nc1nccs1)C(=O)C(C)C. The standard InChI is InChI=1S/C14H23N3O2S/c1-4-5-6-8-17(13(19)11(2)3)10-12(18)16-14-15-7-9-20-14/h7,9,11H,4-6,8,10H2,1-3H3,(H,15,16,18). The van der Waals surface area contributed by atoms with E-state index in [1.165, 1.54) is 11.3 Å². The second-order valence-corrected chi connectivity index (χ2v) is 5.90. The third-order valence-corrected chi connectivity index (χ3v) is 3.54. The number of thiazole rings is 1. The molecular weight excluding hydrogens is 274 g/mol. The fourth-order valence-corrected chi connectivity index (χ4v) is 2.35. The molecule has 0 aliphatic heterocycles. The molecule has 20 heavy (non-hydrogen) atoms. The molecule has 0 aliphatic carbocycles. The zero-order chi connectivity index (χ0) is 15.0. The summed E-state index contributed by atoms with van der Waals surface area (Å²) >= 11 is 1.37. The van der Waals surface area contributed by atoms with Crippen LogP contribution in [0.25, 0.3) is 0 Å². The van der Waals surface area contributed by atoms with Gasteiger partial charge in [-0.15, -0.1) is 11.3 Å². The van der Waals surface area contributed by atoms with E-state index in [-0.39, 0.29) is 24.3 Å². The molecule has 0 spiro atoms. The van der Waals surface area contributed by atoms with E-state index >= 15 is 0 Å². The molecular formula is C14H23N3O2S. The quantitative estimate of drug-likeness (QED) is 0.750. The summed E-state index contributed by atoms with van der Waals surface area (Å²) < 4.78 is 0. The first-order valence-electron chi connectivity index (χ1n) is 7.02. The van der Waals surface area contributed by atoms with Crippen molar-refractivity contribution in [2.45, 2.75) is 40.0 Å². The fraction of sp³-hybridized carbons (Fsp3) is 0.643. The maximum Gasteiger partial charge on any atom is 0.245 e. The number of amides is 2. The number of anilines is 1. The van der Waals surface area contributed by atoms with Crippen molar-refractivity contribution in [3.8, 4) is 0 Å². The molecule has 1 rings (SSSR count). The van der Waals surface area contributed by atoms with Crippen LogP contribution in [0.15, 0.2) is 11.6 Å². The molecule has 0 saturated heterocycles.